The van der Waals surface area contributed by atoms with Crippen LogP contribution < -0.4 is 76.0 Å². The van der Waals surface area contributed by atoms with E-state index in [1.54, 1.807) is 88.9 Å². The summed E-state index contributed by atoms with van der Waals surface area (Å²) in [7, 11) is 0.914. The largest absolute Gasteiger partial charge is 3.00 e. The summed E-state index contributed by atoms with van der Waals surface area (Å²) in [5, 5.41) is 21.5. The Kier molecular flexibility index (Phi) is 61.6. The van der Waals surface area contributed by atoms with Gasteiger partial charge in [0.2, 0.25) is 16.3 Å². The molecule has 13 nitrogen and oxygen atoms in total. The summed E-state index contributed by atoms with van der Waals surface area (Å²) >= 11 is 6.69. The molecule has 142 heavy (non-hydrogen) atoms. The fourth-order valence-electron chi connectivity index (χ4n) is 12.9. The molecule has 20 rings (SSSR count). The molecule has 15 aromatic rings. The van der Waals surface area contributed by atoms with Crippen LogP contribution in [0.4, 0.5) is 27.5 Å². The molecule has 0 fully saturated rings. The Labute approximate surface area is 932 Å². The molecule has 4 radical (unpaired) electrons. The number of hydrogen-bond acceptors (Lipinski definition) is 15. The van der Waals surface area contributed by atoms with Gasteiger partial charge in [-0.3, -0.25) is 22.7 Å². The van der Waals surface area contributed by atoms with Gasteiger partial charge >= 0.3 is 97.4 Å². The van der Waals surface area contributed by atoms with Gasteiger partial charge in [0.05, 0.1) is 74.2 Å². The quantitative estimate of drug-likeness (QED) is 0.0347. The third-order valence-corrected chi connectivity index (χ3v) is 34.9. The van der Waals surface area contributed by atoms with Crippen LogP contribution >= 0.6 is 94.2 Å². The maximum atomic E-state index is 5.89. The number of para-hydroxylation sites is 2. The second-order valence-electron chi connectivity index (χ2n) is 29.2. The molecule has 5 aliphatic heterocycles. The average Bonchev–Trinajstić information content (AvgIpc) is 1.13. The van der Waals surface area contributed by atoms with E-state index in [1.165, 1.54) is 49.2 Å². The fraction of sp³-hybridized carbons (Fsp3) is 0.0439. The third kappa shape index (κ3) is 43.2. The van der Waals surface area contributed by atoms with Gasteiger partial charge in [-0.25, -0.2) is 76.2 Å². The molecule has 0 amide bonds. The van der Waals surface area contributed by atoms with Gasteiger partial charge in [-0.1, -0.05) is 225 Å². The van der Waals surface area contributed by atoms with E-state index in [4.69, 9.17) is 22.9 Å². The number of rotatable bonds is 23. The van der Waals surface area contributed by atoms with E-state index in [1.807, 2.05) is 237 Å². The molecular weight excluding hydrogens is 2380 g/mol. The number of furan rings is 1. The van der Waals surface area contributed by atoms with E-state index in [2.05, 4.69) is 360 Å². The molecule has 10 aromatic carbocycles. The minimum Gasteiger partial charge on any atom is -0.646 e. The number of hydrogen-bond donors (Lipinski definition) is 0. The molecule has 28 heteroatoms. The molecule has 728 valence electrons. The van der Waals surface area contributed by atoms with Crippen LogP contribution in [-0.2, 0) is 121 Å². The first-order valence-corrected chi connectivity index (χ1v) is 57.6. The topological polar surface area (TPSA) is 79.4 Å². The van der Waals surface area contributed by atoms with Crippen LogP contribution in [0.25, 0.3) is 0 Å². The van der Waals surface area contributed by atoms with Gasteiger partial charge in [0, 0.05) is 44.1 Å². The maximum absolute atomic E-state index is 5.89. The van der Waals surface area contributed by atoms with Crippen LogP contribution in [0.3, 0.4) is 0 Å². The zero-order chi connectivity index (χ0) is 95.7. The predicted molar refractivity (Wildman–Crippen MR) is 609 cm³/mol. The number of nitrogens with zero attached hydrogens (tertiary/aromatic N) is 8. The van der Waals surface area contributed by atoms with Gasteiger partial charge in [-0.05, 0) is 200 Å². The third-order valence-electron chi connectivity index (χ3n) is 19.3. The van der Waals surface area contributed by atoms with Crippen molar-refractivity contribution in [2.75, 3.05) is 44.9 Å². The van der Waals surface area contributed by atoms with Gasteiger partial charge < -0.3 is 85.0 Å². The van der Waals surface area contributed by atoms with Gasteiger partial charge in [0.1, 0.15) is 11.6 Å². The zero-order valence-corrected chi connectivity index (χ0v) is 96.9. The number of anilines is 5. The summed E-state index contributed by atoms with van der Waals surface area (Å²) < 4.78 is 30.6. The Bertz CT molecular complexity index is 5370. The van der Waals surface area contributed by atoms with E-state index >= 15 is 0 Å². The molecule has 5 aliphatic rings. The van der Waals surface area contributed by atoms with Crippen molar-refractivity contribution in [1.82, 2.24) is 14.0 Å². The molecule has 0 saturated heterocycles. The van der Waals surface area contributed by atoms with E-state index in [0.29, 0.717) is 5.88 Å². The molecule has 0 saturated carbocycles. The van der Waals surface area contributed by atoms with Crippen molar-refractivity contribution in [2.45, 2.75) is 0 Å². The molecule has 2 atom stereocenters. The molecule has 5 aromatic heterocycles. The van der Waals surface area contributed by atoms with Crippen molar-refractivity contribution in [3.8, 4) is 11.5 Å². The maximum Gasteiger partial charge on any atom is 3.00 e. The van der Waals surface area contributed by atoms with Crippen LogP contribution in [0.5, 0.6) is 11.5 Å². The van der Waals surface area contributed by atoms with Crippen molar-refractivity contribution in [3.63, 3.8) is 0 Å². The SMILES string of the molecule is CN1C=CN(c2[c-]ccn2C)[CH-]1.C[PH+](C=C[PH+](C)Oc1ccccc1)Oc1ccccc1.Cn1cc[c-]c1N1C=CS[CH-]1.[CH2-]C=C[PH+](c1ccccc1)c1ccccc1.[CH2-]C=C[PH+](c1ccccc1)c1ccccc1.[CH2-]C=C[PH+](c1ccccc1)c1ccccc1.[CH2-]C=C[PH+](c1ccccc1)c1ccccc1.[Ru+2].[Ru+3].[Ru+3].[Ru+3].[Ru+3].[c-]1ccoc1N1C=CO[CH-]1.[c-]1ccsc1N1C=CO[CH-]1.[c-]1ccsc1N1C=CS[CH-]1. The van der Waals surface area contributed by atoms with E-state index in [-0.39, 0.29) is 97.4 Å². The van der Waals surface area contributed by atoms with Crippen molar-refractivity contribution in [2.24, 2.45) is 14.1 Å². The van der Waals surface area contributed by atoms with Gasteiger partial charge in [-0.15, -0.1) is 12.4 Å². The first-order valence-electron chi connectivity index (χ1n) is 43.7. The Hall–Kier alpha value is -9.28. The van der Waals surface area contributed by atoms with Crippen LogP contribution in [0.2, 0.25) is 0 Å². The van der Waals surface area contributed by atoms with Crippen LogP contribution in [0.15, 0.2) is 487 Å². The number of ether oxygens (including phenoxy) is 2. The summed E-state index contributed by atoms with van der Waals surface area (Å²) in [6.45, 7) is 24.7. The summed E-state index contributed by atoms with van der Waals surface area (Å²) in [5.74, 6) is 22.0. The standard InChI is InChI=1S/C16H18O2P2.4C15H14P.C9H11N3.C8H8N2S.C7H5NO2.C7H5NOS.C7H5NS2.5Ru/c1-19(17-15-9-5-3-6-10-15)13-14-20(2)18-16-11-7-4-8-12-16;4*1-2-13-16(14-9-5-3-6-10-14)15-11-7-4-8-12-15;1-10-6-7-12(8-10)9-4-3-5-11(9)2;1-9-4-2-3-8(9)10-5-6-11-7-10;1-2-7(10-4-1)8-3-5-9-6-8;1-2-7(10-5-1)8-3-4-9-6-8;1-2-7(10-4-1)8-3-5-9-6-8;;;;;/h3-14H,1-2H3;4*2-13H,1H2;3,5-8H,1-2H3;2,4-7H,1H3;3*1,3-6H;;;;;/q;4*-1;5*-2;+2;4*+3/p+6. The van der Waals surface area contributed by atoms with Crippen LogP contribution in [-0.4, -0.2) is 34.4 Å². The number of thioether (sulfide) groups is 2. The second kappa shape index (κ2) is 72.1. The van der Waals surface area contributed by atoms with Crippen molar-refractivity contribution in [3.05, 3.63) is 573 Å². The Morgan fingerprint density at radius 3 is 0.894 bits per heavy atom. The van der Waals surface area contributed by atoms with Crippen molar-refractivity contribution >= 4 is 164 Å². The summed E-state index contributed by atoms with van der Waals surface area (Å²) in [5.41, 5.74) is 0. The Morgan fingerprint density at radius 2 is 0.641 bits per heavy atom. The minimum absolute atomic E-state index is 0. The summed E-state index contributed by atoms with van der Waals surface area (Å²) in [4.78, 5) is 11.7. The Balaban J connectivity index is 0.000000242. The van der Waals surface area contributed by atoms with Crippen LogP contribution in [0, 0.1) is 89.9 Å². The zero-order valence-electron chi connectivity index (χ0n) is 78.9. The number of allylic oxidation sites excluding steroid dienone is 4. The van der Waals surface area contributed by atoms with Gasteiger partial charge in [-0.2, -0.15) is 65.6 Å². The average molecular weight is 2500 g/mol. The van der Waals surface area contributed by atoms with E-state index in [9.17, 15) is 0 Å². The minimum atomic E-state index is -0.963. The smallest absolute Gasteiger partial charge is 0.646 e. The molecule has 2 unspecified atom stereocenters. The van der Waals surface area contributed by atoms with E-state index in [0.717, 1.165) is 33.1 Å². The fourth-order valence-corrected chi connectivity index (χ4v) is 26.7. The van der Waals surface area contributed by atoms with Gasteiger partial charge in [0.15, 0.2) is 11.5 Å². The monoisotopic (exact) mass is 2500 g/mol. The summed E-state index contributed by atoms with van der Waals surface area (Å²) in [6, 6.07) is 130. The van der Waals surface area contributed by atoms with Crippen LogP contribution in [0.1, 0.15) is 0 Å². The summed E-state index contributed by atoms with van der Waals surface area (Å²) in [6.07, 6.45) is 28.0. The predicted octanol–water partition coefficient (Wildman–Crippen LogP) is 27.2. The first kappa shape index (κ1) is 121. The number of thiophene rings is 2. The number of benzene rings is 10. The molecule has 0 bridgehead atoms. The van der Waals surface area contributed by atoms with Gasteiger partial charge in [0.25, 0.3) is 0 Å². The normalized spacial score (nSPS) is 13.0. The molecule has 0 spiro atoms. The number of aryl methyl sites for hydroxylation is 2. The van der Waals surface area contributed by atoms with Crippen molar-refractivity contribution < 1.29 is 120 Å². The van der Waals surface area contributed by atoms with E-state index < -0.39 is 48.0 Å². The molecule has 0 aliphatic carbocycles. The Morgan fingerprint density at radius 1 is 0.331 bits per heavy atom. The number of aromatic nitrogens is 2. The molecule has 10 heterocycles. The molecule has 0 N–H and O–H groups in total. The molecular formula is C114H114N8O5P6Ru5S4+6. The second-order valence-corrected chi connectivity index (χ2v) is 45.3. The first-order chi connectivity index (χ1) is 67.4. The van der Waals surface area contributed by atoms with Crippen molar-refractivity contribution in [1.29, 1.82) is 0 Å².